The Balaban J connectivity index is 1.68. The lowest BCUT2D eigenvalue weighted by Crippen LogP contribution is -2.42. The summed E-state index contributed by atoms with van der Waals surface area (Å²) in [6.45, 7) is 4.08. The van der Waals surface area contributed by atoms with Crippen LogP contribution in [0.3, 0.4) is 0 Å². The molecule has 0 N–H and O–H groups in total. The van der Waals surface area contributed by atoms with Crippen molar-refractivity contribution < 1.29 is 17.6 Å². The van der Waals surface area contributed by atoms with E-state index in [0.29, 0.717) is 24.7 Å². The zero-order valence-electron chi connectivity index (χ0n) is 18.8. The topological polar surface area (TPSA) is 0 Å². The van der Waals surface area contributed by atoms with E-state index in [9.17, 15) is 17.6 Å². The van der Waals surface area contributed by atoms with Gasteiger partial charge in [0, 0.05) is 12.8 Å². The van der Waals surface area contributed by atoms with Crippen LogP contribution in [0.5, 0.6) is 0 Å². The third kappa shape index (κ3) is 8.05. The monoisotopic (exact) mass is 420 g/mol. The van der Waals surface area contributed by atoms with Crippen molar-refractivity contribution in [3.8, 4) is 0 Å². The molecule has 172 valence electrons. The van der Waals surface area contributed by atoms with Crippen LogP contribution in [0, 0.1) is 23.7 Å². The SMILES string of the molecule is CCCCCC1CCC(C2CCC(CCCC(F)(F)CCCC)CC2)C(F)C1F. The van der Waals surface area contributed by atoms with Gasteiger partial charge in [0.05, 0.1) is 0 Å². The van der Waals surface area contributed by atoms with Crippen LogP contribution in [0.15, 0.2) is 0 Å². The van der Waals surface area contributed by atoms with Gasteiger partial charge in [0.15, 0.2) is 0 Å². The van der Waals surface area contributed by atoms with Crippen LogP contribution in [0.4, 0.5) is 17.6 Å². The molecule has 0 aromatic rings. The van der Waals surface area contributed by atoms with Crippen LogP contribution in [0.25, 0.3) is 0 Å². The highest BCUT2D eigenvalue weighted by Gasteiger charge is 2.43. The molecule has 4 heteroatoms. The Labute approximate surface area is 176 Å². The fraction of sp³-hybridized carbons (Fsp3) is 1.00. The number of hydrogen-bond acceptors (Lipinski definition) is 0. The minimum atomic E-state index is -2.51. The average molecular weight is 421 g/mol. The average Bonchev–Trinajstić information content (AvgIpc) is 2.70. The molecule has 0 aromatic heterocycles. The van der Waals surface area contributed by atoms with E-state index in [1.165, 1.54) is 0 Å². The van der Waals surface area contributed by atoms with Crippen LogP contribution in [-0.2, 0) is 0 Å². The van der Waals surface area contributed by atoms with Crippen molar-refractivity contribution in [3.05, 3.63) is 0 Å². The van der Waals surface area contributed by atoms with Crippen molar-refractivity contribution in [2.45, 2.75) is 135 Å². The molecule has 0 aliphatic heterocycles. The van der Waals surface area contributed by atoms with Crippen LogP contribution in [-0.4, -0.2) is 18.3 Å². The summed E-state index contributed by atoms with van der Waals surface area (Å²) in [5.41, 5.74) is 0. The zero-order chi connectivity index (χ0) is 21.3. The lowest BCUT2D eigenvalue weighted by Gasteiger charge is -2.41. The Morgan fingerprint density at radius 2 is 1.34 bits per heavy atom. The van der Waals surface area contributed by atoms with E-state index in [2.05, 4.69) is 6.92 Å². The molecule has 29 heavy (non-hydrogen) atoms. The molecular weight excluding hydrogens is 376 g/mol. The van der Waals surface area contributed by atoms with Gasteiger partial charge in [-0.1, -0.05) is 58.8 Å². The Kier molecular flexibility index (Phi) is 10.8. The number of halogens is 4. The lowest BCUT2D eigenvalue weighted by atomic mass is 9.66. The summed E-state index contributed by atoms with van der Waals surface area (Å²) in [5.74, 6) is -1.93. The molecule has 0 radical (unpaired) electrons. The largest absolute Gasteiger partial charge is 0.248 e. The minimum Gasteiger partial charge on any atom is -0.244 e. The molecule has 2 fully saturated rings. The molecule has 0 aromatic carbocycles. The molecule has 0 heterocycles. The summed E-state index contributed by atoms with van der Waals surface area (Å²) in [7, 11) is 0. The van der Waals surface area contributed by atoms with Crippen molar-refractivity contribution in [2.75, 3.05) is 0 Å². The maximum atomic E-state index is 14.9. The van der Waals surface area contributed by atoms with Gasteiger partial charge in [0.25, 0.3) is 0 Å². The summed E-state index contributed by atoms with van der Waals surface area (Å²) < 4.78 is 57.1. The van der Waals surface area contributed by atoms with Gasteiger partial charge in [-0.2, -0.15) is 0 Å². The van der Waals surface area contributed by atoms with Crippen LogP contribution < -0.4 is 0 Å². The Morgan fingerprint density at radius 1 is 0.690 bits per heavy atom. The van der Waals surface area contributed by atoms with E-state index in [4.69, 9.17) is 0 Å². The molecule has 2 aliphatic rings. The van der Waals surface area contributed by atoms with E-state index >= 15 is 0 Å². The highest BCUT2D eigenvalue weighted by atomic mass is 19.3. The van der Waals surface area contributed by atoms with E-state index in [1.807, 2.05) is 6.92 Å². The molecule has 2 rings (SSSR count). The molecule has 2 saturated carbocycles. The first-order valence-electron chi connectivity index (χ1n) is 12.5. The maximum absolute atomic E-state index is 14.9. The van der Waals surface area contributed by atoms with Gasteiger partial charge in [-0.15, -0.1) is 0 Å². The molecule has 0 nitrogen and oxygen atoms in total. The first-order chi connectivity index (χ1) is 13.9. The predicted octanol–water partition coefficient (Wildman–Crippen LogP) is 9.07. The zero-order valence-corrected chi connectivity index (χ0v) is 18.8. The smallest absolute Gasteiger partial charge is 0.244 e. The number of alkyl halides is 4. The molecule has 0 spiro atoms. The molecule has 0 amide bonds. The predicted molar refractivity (Wildman–Crippen MR) is 114 cm³/mol. The van der Waals surface area contributed by atoms with E-state index in [-0.39, 0.29) is 24.7 Å². The van der Waals surface area contributed by atoms with Crippen molar-refractivity contribution in [1.29, 1.82) is 0 Å². The Bertz CT molecular complexity index is 431. The highest BCUT2D eigenvalue weighted by molar-refractivity contribution is 4.92. The standard InChI is InChI=1S/C25H44F4/c1-3-5-7-10-21-15-16-22(24(27)23(21)26)20-13-11-19(12-14-20)9-8-18-25(28,29)17-6-4-2/h19-24H,3-18H2,1-2H3. The number of unbranched alkanes of at least 4 members (excludes halogenated alkanes) is 3. The molecule has 0 bridgehead atoms. The van der Waals surface area contributed by atoms with Crippen LogP contribution in [0.1, 0.15) is 117 Å². The first-order valence-corrected chi connectivity index (χ1v) is 12.5. The molecule has 2 aliphatic carbocycles. The van der Waals surface area contributed by atoms with Crippen LogP contribution in [0.2, 0.25) is 0 Å². The second-order valence-corrected chi connectivity index (χ2v) is 10.0. The van der Waals surface area contributed by atoms with Crippen molar-refractivity contribution in [3.63, 3.8) is 0 Å². The summed E-state index contributed by atoms with van der Waals surface area (Å²) in [4.78, 5) is 0. The van der Waals surface area contributed by atoms with Crippen molar-refractivity contribution >= 4 is 0 Å². The summed E-state index contributed by atoms with van der Waals surface area (Å²) in [6, 6.07) is 0. The fourth-order valence-corrected chi connectivity index (χ4v) is 5.79. The van der Waals surface area contributed by atoms with Gasteiger partial charge >= 0.3 is 0 Å². The normalized spacial score (nSPS) is 33.7. The molecule has 0 saturated heterocycles. The van der Waals surface area contributed by atoms with Crippen molar-refractivity contribution in [1.82, 2.24) is 0 Å². The lowest BCUT2D eigenvalue weighted by molar-refractivity contribution is -0.0238. The minimum absolute atomic E-state index is 0.00502. The van der Waals surface area contributed by atoms with Crippen molar-refractivity contribution in [2.24, 2.45) is 23.7 Å². The van der Waals surface area contributed by atoms with E-state index in [0.717, 1.165) is 77.0 Å². The quantitative estimate of drug-likeness (QED) is 0.218. The van der Waals surface area contributed by atoms with Gasteiger partial charge in [0.2, 0.25) is 5.92 Å². The Hall–Kier alpha value is -0.280. The third-order valence-electron chi connectivity index (χ3n) is 7.76. The Morgan fingerprint density at radius 3 is 2.00 bits per heavy atom. The van der Waals surface area contributed by atoms with Gasteiger partial charge < -0.3 is 0 Å². The highest BCUT2D eigenvalue weighted by Crippen LogP contribution is 2.45. The summed E-state index contributed by atoms with van der Waals surface area (Å²) in [6.07, 6.45) is 9.96. The van der Waals surface area contributed by atoms with Crippen LogP contribution >= 0.6 is 0 Å². The second kappa shape index (κ2) is 12.5. The van der Waals surface area contributed by atoms with Gasteiger partial charge in [-0.25, -0.2) is 17.6 Å². The van der Waals surface area contributed by atoms with Gasteiger partial charge in [0.1, 0.15) is 12.3 Å². The van der Waals surface area contributed by atoms with Gasteiger partial charge in [-0.3, -0.25) is 0 Å². The third-order valence-corrected chi connectivity index (χ3v) is 7.76. The second-order valence-electron chi connectivity index (χ2n) is 10.0. The summed E-state index contributed by atoms with van der Waals surface area (Å²) in [5, 5.41) is 0. The molecule has 4 atom stereocenters. The fourth-order valence-electron chi connectivity index (χ4n) is 5.79. The molecule has 4 unspecified atom stereocenters. The van der Waals surface area contributed by atoms with E-state index < -0.39 is 18.3 Å². The summed E-state index contributed by atoms with van der Waals surface area (Å²) >= 11 is 0. The number of rotatable bonds is 12. The maximum Gasteiger partial charge on any atom is 0.248 e. The number of hydrogen-bond donors (Lipinski definition) is 0. The van der Waals surface area contributed by atoms with E-state index in [1.54, 1.807) is 0 Å². The first kappa shape index (κ1) is 25.0. The van der Waals surface area contributed by atoms with Gasteiger partial charge in [-0.05, 0) is 68.6 Å². The molecular formula is C25H44F4.